The molecular formula is C17H23N3O3. The Labute approximate surface area is 136 Å². The maximum Gasteiger partial charge on any atom is 0.247 e. The lowest BCUT2D eigenvalue weighted by molar-refractivity contribution is -0.139. The smallest absolute Gasteiger partial charge is 0.247 e. The largest absolute Gasteiger partial charge is 0.379 e. The van der Waals surface area contributed by atoms with Gasteiger partial charge in [0.1, 0.15) is 0 Å². The van der Waals surface area contributed by atoms with Crippen LogP contribution < -0.4 is 5.32 Å². The van der Waals surface area contributed by atoms with Crippen LogP contribution in [0.4, 0.5) is 0 Å². The van der Waals surface area contributed by atoms with Gasteiger partial charge in [0, 0.05) is 26.2 Å². The second kappa shape index (κ2) is 7.68. The van der Waals surface area contributed by atoms with Crippen LogP contribution >= 0.6 is 0 Å². The van der Waals surface area contributed by atoms with Crippen molar-refractivity contribution in [2.45, 2.75) is 19.0 Å². The molecule has 0 unspecified atom stereocenters. The highest BCUT2D eigenvalue weighted by Gasteiger charge is 2.38. The fraction of sp³-hybridized carbons (Fsp3) is 0.529. The topological polar surface area (TPSA) is 61.9 Å². The summed E-state index contributed by atoms with van der Waals surface area (Å²) in [4.78, 5) is 28.2. The molecule has 2 aliphatic heterocycles. The molecule has 6 nitrogen and oxygen atoms in total. The molecule has 2 aliphatic rings. The summed E-state index contributed by atoms with van der Waals surface area (Å²) in [6, 6.07) is 9.23. The lowest BCUT2D eigenvalue weighted by Gasteiger charge is -2.27. The van der Waals surface area contributed by atoms with Crippen molar-refractivity contribution in [1.29, 1.82) is 0 Å². The van der Waals surface area contributed by atoms with Gasteiger partial charge in [-0.05, 0) is 5.56 Å². The summed E-state index contributed by atoms with van der Waals surface area (Å²) in [7, 11) is 0. The van der Waals surface area contributed by atoms with Crippen LogP contribution in [-0.2, 0) is 20.9 Å². The Morgan fingerprint density at radius 1 is 1.13 bits per heavy atom. The number of ether oxygens (including phenoxy) is 1. The summed E-state index contributed by atoms with van der Waals surface area (Å²) in [6.07, 6.45) is 0.259. The first-order valence-corrected chi connectivity index (χ1v) is 8.15. The highest BCUT2D eigenvalue weighted by atomic mass is 16.5. The monoisotopic (exact) mass is 317 g/mol. The van der Waals surface area contributed by atoms with E-state index in [1.165, 1.54) is 4.90 Å². The quantitative estimate of drug-likeness (QED) is 0.762. The van der Waals surface area contributed by atoms with Gasteiger partial charge in [0.25, 0.3) is 0 Å². The van der Waals surface area contributed by atoms with Crippen molar-refractivity contribution < 1.29 is 14.3 Å². The van der Waals surface area contributed by atoms with E-state index in [9.17, 15) is 9.59 Å². The maximum absolute atomic E-state index is 12.4. The minimum absolute atomic E-state index is 0.0947. The third-order valence-corrected chi connectivity index (χ3v) is 4.35. The van der Waals surface area contributed by atoms with E-state index in [2.05, 4.69) is 10.2 Å². The third-order valence-electron chi connectivity index (χ3n) is 4.35. The molecule has 124 valence electrons. The van der Waals surface area contributed by atoms with Crippen molar-refractivity contribution in [3.8, 4) is 0 Å². The van der Waals surface area contributed by atoms with Crippen LogP contribution in [0.2, 0.25) is 0 Å². The van der Waals surface area contributed by atoms with Gasteiger partial charge in [-0.2, -0.15) is 0 Å². The van der Waals surface area contributed by atoms with Crippen molar-refractivity contribution in [2.24, 2.45) is 0 Å². The van der Waals surface area contributed by atoms with Gasteiger partial charge >= 0.3 is 0 Å². The molecule has 0 saturated carbocycles. The van der Waals surface area contributed by atoms with Crippen LogP contribution in [-0.4, -0.2) is 67.0 Å². The molecule has 1 aromatic carbocycles. The number of carbonyl (C=O) groups is 2. The number of rotatable bonds is 6. The Morgan fingerprint density at radius 3 is 2.61 bits per heavy atom. The molecule has 3 rings (SSSR count). The predicted molar refractivity (Wildman–Crippen MR) is 85.7 cm³/mol. The summed E-state index contributed by atoms with van der Waals surface area (Å²) >= 11 is 0. The predicted octanol–water partition coefficient (Wildman–Crippen LogP) is 0.236. The number of hydrogen-bond donors (Lipinski definition) is 1. The van der Waals surface area contributed by atoms with Gasteiger partial charge in [-0.15, -0.1) is 0 Å². The van der Waals surface area contributed by atoms with E-state index in [-0.39, 0.29) is 24.3 Å². The lowest BCUT2D eigenvalue weighted by atomic mass is 10.2. The van der Waals surface area contributed by atoms with Crippen molar-refractivity contribution in [3.05, 3.63) is 35.9 Å². The molecule has 1 atom stereocenters. The molecule has 1 aromatic rings. The highest BCUT2D eigenvalue weighted by Crippen LogP contribution is 2.16. The molecule has 6 heteroatoms. The number of benzene rings is 1. The van der Waals surface area contributed by atoms with Crippen LogP contribution in [0.15, 0.2) is 30.3 Å². The average Bonchev–Trinajstić information content (AvgIpc) is 2.85. The third kappa shape index (κ3) is 4.16. The average molecular weight is 317 g/mol. The van der Waals surface area contributed by atoms with Crippen LogP contribution in [0.25, 0.3) is 0 Å². The Balaban J connectivity index is 1.48. The summed E-state index contributed by atoms with van der Waals surface area (Å²) in [5, 5.41) is 3.23. The number of amides is 2. The standard InChI is InChI=1S/C17H23N3O3/c21-16-12-15(18-6-7-19-8-10-23-11-9-19)17(22)20(16)13-14-4-2-1-3-5-14/h1-5,15,18H,6-13H2/t15-/m0/s1. The molecule has 2 heterocycles. The van der Waals surface area contributed by atoms with Gasteiger partial charge in [0.2, 0.25) is 11.8 Å². The first-order chi connectivity index (χ1) is 11.2. The second-order valence-electron chi connectivity index (χ2n) is 5.97. The zero-order valence-corrected chi connectivity index (χ0v) is 13.2. The molecule has 1 N–H and O–H groups in total. The van der Waals surface area contributed by atoms with Crippen LogP contribution in [0.3, 0.4) is 0 Å². The van der Waals surface area contributed by atoms with E-state index < -0.39 is 0 Å². The van der Waals surface area contributed by atoms with Crippen molar-refractivity contribution in [3.63, 3.8) is 0 Å². The molecule has 0 bridgehead atoms. The molecule has 0 spiro atoms. The lowest BCUT2D eigenvalue weighted by Crippen LogP contribution is -2.44. The number of nitrogens with one attached hydrogen (secondary N) is 1. The fourth-order valence-corrected chi connectivity index (χ4v) is 3.00. The van der Waals surface area contributed by atoms with E-state index in [4.69, 9.17) is 4.74 Å². The maximum atomic E-state index is 12.4. The van der Waals surface area contributed by atoms with Crippen molar-refractivity contribution in [2.75, 3.05) is 39.4 Å². The highest BCUT2D eigenvalue weighted by molar-refractivity contribution is 6.05. The molecule has 2 amide bonds. The second-order valence-corrected chi connectivity index (χ2v) is 5.97. The number of likely N-dealkylation sites (tertiary alicyclic amines) is 1. The fourth-order valence-electron chi connectivity index (χ4n) is 3.00. The SMILES string of the molecule is O=C1C[C@H](NCCN2CCOCC2)C(=O)N1Cc1ccccc1. The molecular weight excluding hydrogens is 294 g/mol. The van der Waals surface area contributed by atoms with Crippen LogP contribution in [0.5, 0.6) is 0 Å². The van der Waals surface area contributed by atoms with Crippen molar-refractivity contribution >= 4 is 11.8 Å². The number of morpholine rings is 1. The summed E-state index contributed by atoms with van der Waals surface area (Å²) in [5.74, 6) is -0.205. The van der Waals surface area contributed by atoms with E-state index >= 15 is 0 Å². The number of hydrogen-bond acceptors (Lipinski definition) is 5. The van der Waals surface area contributed by atoms with Gasteiger partial charge in [-0.25, -0.2) is 0 Å². The Bertz CT molecular complexity index is 543. The zero-order chi connectivity index (χ0) is 16.1. The number of carbonyl (C=O) groups excluding carboxylic acids is 2. The van der Waals surface area contributed by atoms with Crippen LogP contribution in [0.1, 0.15) is 12.0 Å². The Kier molecular flexibility index (Phi) is 5.38. The van der Waals surface area contributed by atoms with E-state index in [1.54, 1.807) is 0 Å². The van der Waals surface area contributed by atoms with Crippen LogP contribution in [0, 0.1) is 0 Å². The van der Waals surface area contributed by atoms with Gasteiger partial charge in [-0.1, -0.05) is 30.3 Å². The molecule has 23 heavy (non-hydrogen) atoms. The Morgan fingerprint density at radius 2 is 1.87 bits per heavy atom. The summed E-state index contributed by atoms with van der Waals surface area (Å²) < 4.78 is 5.31. The minimum Gasteiger partial charge on any atom is -0.379 e. The first kappa shape index (κ1) is 16.1. The van der Waals surface area contributed by atoms with Crippen molar-refractivity contribution in [1.82, 2.24) is 15.1 Å². The number of nitrogens with zero attached hydrogens (tertiary/aromatic N) is 2. The van der Waals surface area contributed by atoms with Gasteiger partial charge in [-0.3, -0.25) is 19.4 Å². The summed E-state index contributed by atoms with van der Waals surface area (Å²) in [5.41, 5.74) is 0.975. The number of imide groups is 1. The van der Waals surface area contributed by atoms with E-state index in [1.807, 2.05) is 30.3 Å². The molecule has 2 saturated heterocycles. The minimum atomic E-state index is -0.382. The normalized spacial score (nSPS) is 22.8. The van der Waals surface area contributed by atoms with Gasteiger partial charge in [0.15, 0.2) is 0 Å². The van der Waals surface area contributed by atoms with E-state index in [0.29, 0.717) is 13.1 Å². The summed E-state index contributed by atoms with van der Waals surface area (Å²) in [6.45, 7) is 5.35. The molecule has 2 fully saturated rings. The Hall–Kier alpha value is -1.76. The molecule has 0 aliphatic carbocycles. The van der Waals surface area contributed by atoms with E-state index in [0.717, 1.165) is 38.4 Å². The van der Waals surface area contributed by atoms with Gasteiger partial charge < -0.3 is 10.1 Å². The zero-order valence-electron chi connectivity index (χ0n) is 13.2. The first-order valence-electron chi connectivity index (χ1n) is 8.15. The molecule has 0 aromatic heterocycles. The van der Waals surface area contributed by atoms with Gasteiger partial charge in [0.05, 0.1) is 32.2 Å². The molecule has 0 radical (unpaired) electrons.